The van der Waals surface area contributed by atoms with E-state index in [-0.39, 0.29) is 39.6 Å². The lowest BCUT2D eigenvalue weighted by molar-refractivity contribution is -0.187. The molecule has 0 N–H and O–H groups in total. The van der Waals surface area contributed by atoms with Crippen LogP contribution in [0, 0.1) is 59.5 Å². The summed E-state index contributed by atoms with van der Waals surface area (Å²) in [6.45, 7) is 3.40. The Kier molecular flexibility index (Phi) is 9.57. The van der Waals surface area contributed by atoms with Crippen molar-refractivity contribution >= 4 is 10.8 Å². The molecular formula is C37H25F9O. The first-order valence-electron chi connectivity index (χ1n) is 14.5. The summed E-state index contributed by atoms with van der Waals surface area (Å²) in [5.74, 6) is -5.25. The van der Waals surface area contributed by atoms with Gasteiger partial charge >= 0.3 is 6.11 Å². The van der Waals surface area contributed by atoms with Gasteiger partial charge in [0.15, 0.2) is 17.5 Å². The van der Waals surface area contributed by atoms with Crippen LogP contribution >= 0.6 is 0 Å². The van der Waals surface area contributed by atoms with Gasteiger partial charge in [-0.1, -0.05) is 49.8 Å². The van der Waals surface area contributed by atoms with E-state index in [2.05, 4.69) is 16.6 Å². The monoisotopic (exact) mass is 656 g/mol. The van der Waals surface area contributed by atoms with Gasteiger partial charge in [-0.05, 0) is 78.2 Å². The molecule has 10 heteroatoms. The van der Waals surface area contributed by atoms with Crippen LogP contribution in [0.25, 0.3) is 21.9 Å². The van der Waals surface area contributed by atoms with Crippen LogP contribution in [0.4, 0.5) is 39.5 Å². The average Bonchev–Trinajstić information content (AvgIpc) is 3.00. The van der Waals surface area contributed by atoms with Crippen molar-refractivity contribution in [2.24, 2.45) is 0 Å². The number of ether oxygens (including phenoxy) is 1. The number of alkyl halides is 2. The van der Waals surface area contributed by atoms with Gasteiger partial charge in [-0.15, -0.1) is 0 Å². The minimum atomic E-state index is -4.39. The maximum absolute atomic E-state index is 15.5. The number of benzene rings is 5. The van der Waals surface area contributed by atoms with E-state index in [9.17, 15) is 30.7 Å². The summed E-state index contributed by atoms with van der Waals surface area (Å²) in [5, 5.41) is -0.202. The van der Waals surface area contributed by atoms with Gasteiger partial charge < -0.3 is 4.74 Å². The summed E-state index contributed by atoms with van der Waals surface area (Å²) in [7, 11) is 0. The van der Waals surface area contributed by atoms with Crippen molar-refractivity contribution in [3.63, 3.8) is 0 Å². The molecule has 5 rings (SSSR count). The first kappa shape index (κ1) is 33.5. The fourth-order valence-electron chi connectivity index (χ4n) is 5.15. The zero-order valence-corrected chi connectivity index (χ0v) is 25.0. The minimum Gasteiger partial charge on any atom is -0.429 e. The molecule has 0 saturated heterocycles. The van der Waals surface area contributed by atoms with Crippen molar-refractivity contribution in [2.45, 2.75) is 45.6 Å². The Balaban J connectivity index is 1.38. The molecule has 0 amide bonds. The normalized spacial score (nSPS) is 11.5. The lowest BCUT2D eigenvalue weighted by Crippen LogP contribution is -2.24. The molecule has 0 aliphatic rings. The van der Waals surface area contributed by atoms with Crippen molar-refractivity contribution in [3.8, 4) is 28.7 Å². The molecule has 5 aromatic carbocycles. The van der Waals surface area contributed by atoms with Gasteiger partial charge in [0, 0.05) is 23.3 Å². The molecule has 0 radical (unpaired) electrons. The molecule has 0 saturated carbocycles. The Hall–Kier alpha value is -4.91. The van der Waals surface area contributed by atoms with E-state index in [0.29, 0.717) is 17.5 Å². The third-order valence-corrected chi connectivity index (χ3v) is 7.56. The van der Waals surface area contributed by atoms with Crippen molar-refractivity contribution in [2.75, 3.05) is 0 Å². The fraction of sp³-hybridized carbons (Fsp3) is 0.189. The lowest BCUT2D eigenvalue weighted by atomic mass is 9.96. The van der Waals surface area contributed by atoms with Crippen LogP contribution in [0.5, 0.6) is 5.75 Å². The number of halogens is 9. The highest BCUT2D eigenvalue weighted by molar-refractivity contribution is 5.89. The van der Waals surface area contributed by atoms with E-state index in [1.54, 1.807) is 6.07 Å². The van der Waals surface area contributed by atoms with Crippen LogP contribution < -0.4 is 4.74 Å². The predicted molar refractivity (Wildman–Crippen MR) is 160 cm³/mol. The number of aryl methyl sites for hydroxylation is 2. The van der Waals surface area contributed by atoms with Gasteiger partial charge in [0.1, 0.15) is 34.6 Å². The van der Waals surface area contributed by atoms with Crippen LogP contribution in [0.3, 0.4) is 0 Å². The topological polar surface area (TPSA) is 9.23 Å². The summed E-state index contributed by atoms with van der Waals surface area (Å²) >= 11 is 0. The highest BCUT2D eigenvalue weighted by Crippen LogP contribution is 2.36. The molecule has 5 aromatic rings. The van der Waals surface area contributed by atoms with E-state index in [1.807, 2.05) is 6.92 Å². The zero-order valence-electron chi connectivity index (χ0n) is 25.0. The van der Waals surface area contributed by atoms with Gasteiger partial charge in [-0.25, -0.2) is 30.7 Å². The molecular weight excluding hydrogens is 631 g/mol. The quantitative estimate of drug-likeness (QED) is 0.0699. The van der Waals surface area contributed by atoms with Gasteiger partial charge in [0.05, 0.1) is 10.9 Å². The van der Waals surface area contributed by atoms with E-state index in [1.165, 1.54) is 37.3 Å². The third kappa shape index (κ3) is 7.09. The van der Waals surface area contributed by atoms with E-state index >= 15 is 8.78 Å². The van der Waals surface area contributed by atoms with Crippen LogP contribution in [0.15, 0.2) is 66.7 Å². The summed E-state index contributed by atoms with van der Waals surface area (Å²) in [4.78, 5) is 0. The molecule has 0 aliphatic carbocycles. The standard InChI is InChI=1S/C37H25F9O/c1-3-4-5-6-22-14-25-17-30(40)33(36(44)34(25)29(39)15-22)23-10-7-21(8-11-23)9-12-24-16-28(38)27(13-20(24)2)37(45,46)47-26-18-31(41)35(43)32(42)19-26/h7-8,10-11,13-19H,3-6H2,1-2H3. The minimum absolute atomic E-state index is 0.0150. The number of hydrogen-bond acceptors (Lipinski definition) is 1. The van der Waals surface area contributed by atoms with E-state index in [0.717, 1.165) is 37.5 Å². The van der Waals surface area contributed by atoms with E-state index < -0.39 is 63.7 Å². The highest BCUT2D eigenvalue weighted by atomic mass is 19.3. The average molecular weight is 657 g/mol. The first-order valence-corrected chi connectivity index (χ1v) is 14.5. The summed E-state index contributed by atoms with van der Waals surface area (Å²) in [6, 6.07) is 11.4. The van der Waals surface area contributed by atoms with Gasteiger partial charge in [-0.3, -0.25) is 0 Å². The van der Waals surface area contributed by atoms with Crippen LogP contribution in [-0.2, 0) is 12.5 Å². The smallest absolute Gasteiger partial charge is 0.429 e. The number of fused-ring (bicyclic) bond motifs is 1. The molecule has 0 atom stereocenters. The van der Waals surface area contributed by atoms with Crippen molar-refractivity contribution < 1.29 is 44.3 Å². The highest BCUT2D eigenvalue weighted by Gasteiger charge is 2.38. The van der Waals surface area contributed by atoms with Gasteiger partial charge in [0.25, 0.3) is 0 Å². The van der Waals surface area contributed by atoms with Crippen molar-refractivity contribution in [3.05, 3.63) is 135 Å². The van der Waals surface area contributed by atoms with Crippen molar-refractivity contribution in [1.82, 2.24) is 0 Å². The largest absolute Gasteiger partial charge is 0.429 e. The maximum Gasteiger partial charge on any atom is 0.429 e. The Bertz CT molecular complexity index is 2020. The lowest BCUT2D eigenvalue weighted by Gasteiger charge is -2.20. The number of unbranched alkanes of at least 4 members (excludes halogenated alkanes) is 2. The molecule has 0 fully saturated rings. The molecule has 0 spiro atoms. The Morgan fingerprint density at radius 2 is 1.36 bits per heavy atom. The van der Waals surface area contributed by atoms with Gasteiger partial charge in [0.2, 0.25) is 0 Å². The maximum atomic E-state index is 15.5. The molecule has 0 aliphatic heterocycles. The van der Waals surface area contributed by atoms with Gasteiger partial charge in [-0.2, -0.15) is 8.78 Å². The Morgan fingerprint density at radius 3 is 2.02 bits per heavy atom. The molecule has 0 unspecified atom stereocenters. The van der Waals surface area contributed by atoms with Crippen LogP contribution in [0.1, 0.15) is 54.0 Å². The fourth-order valence-corrected chi connectivity index (χ4v) is 5.15. The van der Waals surface area contributed by atoms with Crippen LogP contribution in [0.2, 0.25) is 0 Å². The number of hydrogen-bond donors (Lipinski definition) is 0. The second-order valence-electron chi connectivity index (χ2n) is 11.0. The predicted octanol–water partition coefficient (Wildman–Crippen LogP) is 11.0. The zero-order chi connectivity index (χ0) is 34.0. The molecule has 0 bridgehead atoms. The Morgan fingerprint density at radius 1 is 0.681 bits per heavy atom. The first-order chi connectivity index (χ1) is 22.3. The summed E-state index contributed by atoms with van der Waals surface area (Å²) < 4.78 is 134. The van der Waals surface area contributed by atoms with E-state index in [4.69, 9.17) is 0 Å². The SMILES string of the molecule is CCCCCc1cc(F)c2c(F)c(-c3ccc(C#Cc4cc(F)c(C(F)(F)Oc5cc(F)c(F)c(F)c5)cc4C)cc3)c(F)cc2c1. The summed E-state index contributed by atoms with van der Waals surface area (Å²) in [5.41, 5.74) is -0.453. The second kappa shape index (κ2) is 13.4. The molecule has 47 heavy (non-hydrogen) atoms. The molecule has 242 valence electrons. The van der Waals surface area contributed by atoms with Crippen molar-refractivity contribution in [1.29, 1.82) is 0 Å². The Labute approximate surface area is 264 Å². The molecule has 0 aromatic heterocycles. The summed E-state index contributed by atoms with van der Waals surface area (Å²) in [6.07, 6.45) is -1.04. The molecule has 1 nitrogen and oxygen atoms in total. The third-order valence-electron chi connectivity index (χ3n) is 7.56. The number of rotatable bonds is 8. The van der Waals surface area contributed by atoms with Crippen LogP contribution in [-0.4, -0.2) is 0 Å². The molecule has 0 heterocycles. The second-order valence-corrected chi connectivity index (χ2v) is 11.0.